The Labute approximate surface area is 95.8 Å². The Hall–Kier alpha value is -1.07. The Morgan fingerprint density at radius 2 is 2.12 bits per heavy atom. The number of nitrogens with two attached hydrogens (primary N) is 1. The zero-order valence-corrected chi connectivity index (χ0v) is 10.3. The Morgan fingerprint density at radius 3 is 2.75 bits per heavy atom. The van der Waals surface area contributed by atoms with Crippen molar-refractivity contribution >= 4 is 15.5 Å². The van der Waals surface area contributed by atoms with E-state index in [1.807, 2.05) is 19.9 Å². The Kier molecular flexibility index (Phi) is 2.47. The van der Waals surface area contributed by atoms with Gasteiger partial charge in [0.15, 0.2) is 9.84 Å². The highest BCUT2D eigenvalue weighted by Gasteiger charge is 2.34. The predicted molar refractivity (Wildman–Crippen MR) is 64.1 cm³/mol. The fraction of sp³-hybridized carbons (Fsp3) is 0.455. The molecule has 3 N–H and O–H groups in total. The molecule has 1 heterocycles. The number of rotatable bonds is 1. The Bertz CT molecular complexity index is 521. The van der Waals surface area contributed by atoms with E-state index in [1.165, 1.54) is 0 Å². The van der Waals surface area contributed by atoms with Gasteiger partial charge in [-0.25, -0.2) is 8.42 Å². The van der Waals surface area contributed by atoms with Gasteiger partial charge in [0.2, 0.25) is 0 Å². The highest BCUT2D eigenvalue weighted by molar-refractivity contribution is 7.91. The minimum Gasteiger partial charge on any atom is -0.378 e. The van der Waals surface area contributed by atoms with Gasteiger partial charge < -0.3 is 11.1 Å². The fourth-order valence-electron chi connectivity index (χ4n) is 2.01. The lowest BCUT2D eigenvalue weighted by Crippen LogP contribution is -2.42. The molecular weight excluding hydrogens is 224 g/mol. The fourth-order valence-corrected chi connectivity index (χ4v) is 3.97. The molecular formula is C11H16N2O2S. The molecule has 0 amide bonds. The van der Waals surface area contributed by atoms with Crippen molar-refractivity contribution in [2.45, 2.75) is 30.8 Å². The third-order valence-electron chi connectivity index (χ3n) is 2.64. The van der Waals surface area contributed by atoms with Gasteiger partial charge in [0.1, 0.15) is 0 Å². The highest BCUT2D eigenvalue weighted by atomic mass is 32.2. The van der Waals surface area contributed by atoms with Crippen LogP contribution in [0, 0.1) is 0 Å². The molecule has 0 atom stereocenters. The zero-order chi connectivity index (χ0) is 12.0. The molecule has 0 spiro atoms. The van der Waals surface area contributed by atoms with E-state index in [1.54, 1.807) is 12.1 Å². The number of benzene rings is 1. The van der Waals surface area contributed by atoms with Crippen molar-refractivity contribution in [2.24, 2.45) is 5.73 Å². The molecule has 4 nitrogen and oxygen atoms in total. The maximum atomic E-state index is 12.1. The standard InChI is InChI=1S/C11H16N2O2S/c1-11(2)7-16(14,15)10-5-8(6-12)3-4-9(10)13-11/h3-5,13H,6-7,12H2,1-2H3. The number of hydrogen-bond donors (Lipinski definition) is 2. The van der Waals surface area contributed by atoms with Crippen LogP contribution in [0.3, 0.4) is 0 Å². The van der Waals surface area contributed by atoms with Gasteiger partial charge in [-0.3, -0.25) is 0 Å². The van der Waals surface area contributed by atoms with E-state index >= 15 is 0 Å². The summed E-state index contributed by atoms with van der Waals surface area (Å²) in [6.07, 6.45) is 0. The van der Waals surface area contributed by atoms with Gasteiger partial charge in [0, 0.05) is 12.1 Å². The molecule has 0 aromatic heterocycles. The molecule has 5 heteroatoms. The summed E-state index contributed by atoms with van der Waals surface area (Å²) >= 11 is 0. The predicted octanol–water partition coefficient (Wildman–Crippen LogP) is 1.12. The third-order valence-corrected chi connectivity index (χ3v) is 4.75. The van der Waals surface area contributed by atoms with Crippen molar-refractivity contribution < 1.29 is 8.42 Å². The SMILES string of the molecule is CC1(C)CS(=O)(=O)c2cc(CN)ccc2N1. The summed E-state index contributed by atoms with van der Waals surface area (Å²) in [5.74, 6) is 0.112. The lowest BCUT2D eigenvalue weighted by Gasteiger charge is -2.33. The summed E-state index contributed by atoms with van der Waals surface area (Å²) in [6.45, 7) is 4.11. The van der Waals surface area contributed by atoms with Crippen molar-refractivity contribution in [3.63, 3.8) is 0 Å². The van der Waals surface area contributed by atoms with E-state index in [9.17, 15) is 8.42 Å². The van der Waals surface area contributed by atoms with Crippen LogP contribution in [0.4, 0.5) is 5.69 Å². The van der Waals surface area contributed by atoms with E-state index in [-0.39, 0.29) is 5.75 Å². The third kappa shape index (κ3) is 1.92. The number of hydrogen-bond acceptors (Lipinski definition) is 4. The lowest BCUT2D eigenvalue weighted by atomic mass is 10.1. The molecule has 16 heavy (non-hydrogen) atoms. The molecule has 0 saturated heterocycles. The highest BCUT2D eigenvalue weighted by Crippen LogP contribution is 2.33. The van der Waals surface area contributed by atoms with Crippen LogP contribution in [0.15, 0.2) is 23.1 Å². The topological polar surface area (TPSA) is 72.2 Å². The minimum absolute atomic E-state index is 0.112. The second kappa shape index (κ2) is 3.46. The van der Waals surface area contributed by atoms with Crippen molar-refractivity contribution in [3.05, 3.63) is 23.8 Å². The number of sulfone groups is 1. The number of fused-ring (bicyclic) bond motifs is 1. The van der Waals surface area contributed by atoms with Gasteiger partial charge in [-0.1, -0.05) is 6.07 Å². The first-order chi connectivity index (χ1) is 7.34. The molecule has 88 valence electrons. The van der Waals surface area contributed by atoms with Crippen LogP contribution in [0.25, 0.3) is 0 Å². The molecule has 1 aliphatic heterocycles. The second-order valence-electron chi connectivity index (χ2n) is 4.80. The van der Waals surface area contributed by atoms with Gasteiger partial charge >= 0.3 is 0 Å². The van der Waals surface area contributed by atoms with E-state index in [0.717, 1.165) is 5.56 Å². The summed E-state index contributed by atoms with van der Waals surface area (Å²) < 4.78 is 24.2. The Balaban J connectivity index is 2.61. The average Bonchev–Trinajstić information content (AvgIpc) is 2.14. The summed E-state index contributed by atoms with van der Waals surface area (Å²) in [6, 6.07) is 5.30. The molecule has 2 rings (SSSR count). The summed E-state index contributed by atoms with van der Waals surface area (Å²) in [5, 5.41) is 3.22. The lowest BCUT2D eigenvalue weighted by molar-refractivity contribution is 0.556. The first-order valence-electron chi connectivity index (χ1n) is 5.18. The maximum absolute atomic E-state index is 12.1. The van der Waals surface area contributed by atoms with Crippen LogP contribution in [-0.4, -0.2) is 19.7 Å². The molecule has 0 bridgehead atoms. The zero-order valence-electron chi connectivity index (χ0n) is 9.45. The maximum Gasteiger partial charge on any atom is 0.182 e. The van der Waals surface area contributed by atoms with Gasteiger partial charge in [-0.2, -0.15) is 0 Å². The van der Waals surface area contributed by atoms with Gasteiger partial charge in [0.25, 0.3) is 0 Å². The van der Waals surface area contributed by atoms with Gasteiger partial charge in [-0.15, -0.1) is 0 Å². The Morgan fingerprint density at radius 1 is 1.44 bits per heavy atom. The monoisotopic (exact) mass is 240 g/mol. The number of nitrogens with one attached hydrogen (secondary N) is 1. The first-order valence-corrected chi connectivity index (χ1v) is 6.83. The van der Waals surface area contributed by atoms with Crippen LogP contribution >= 0.6 is 0 Å². The largest absolute Gasteiger partial charge is 0.378 e. The summed E-state index contributed by atoms with van der Waals surface area (Å²) in [4.78, 5) is 0.370. The smallest absolute Gasteiger partial charge is 0.182 e. The van der Waals surface area contributed by atoms with Crippen LogP contribution in [-0.2, 0) is 16.4 Å². The quantitative estimate of drug-likeness (QED) is 0.771. The van der Waals surface area contributed by atoms with Crippen molar-refractivity contribution in [3.8, 4) is 0 Å². The van der Waals surface area contributed by atoms with E-state index in [4.69, 9.17) is 5.73 Å². The molecule has 0 radical (unpaired) electrons. The van der Waals surface area contributed by atoms with E-state index < -0.39 is 15.4 Å². The van der Waals surface area contributed by atoms with Crippen molar-refractivity contribution in [1.29, 1.82) is 0 Å². The van der Waals surface area contributed by atoms with Crippen LogP contribution in [0.2, 0.25) is 0 Å². The van der Waals surface area contributed by atoms with Crippen LogP contribution in [0.1, 0.15) is 19.4 Å². The van der Waals surface area contributed by atoms with E-state index in [0.29, 0.717) is 17.1 Å². The van der Waals surface area contributed by atoms with Gasteiger partial charge in [-0.05, 0) is 31.5 Å². The average molecular weight is 240 g/mol. The molecule has 1 aliphatic rings. The minimum atomic E-state index is -3.20. The molecule has 0 fully saturated rings. The molecule has 0 saturated carbocycles. The molecule has 0 aliphatic carbocycles. The van der Waals surface area contributed by atoms with Crippen LogP contribution < -0.4 is 11.1 Å². The number of anilines is 1. The van der Waals surface area contributed by atoms with Crippen molar-refractivity contribution in [1.82, 2.24) is 0 Å². The second-order valence-corrected chi connectivity index (χ2v) is 6.76. The van der Waals surface area contributed by atoms with E-state index in [2.05, 4.69) is 5.32 Å². The van der Waals surface area contributed by atoms with Crippen LogP contribution in [0.5, 0.6) is 0 Å². The van der Waals surface area contributed by atoms with Gasteiger partial charge in [0.05, 0.1) is 16.3 Å². The first kappa shape index (κ1) is 11.4. The summed E-state index contributed by atoms with van der Waals surface area (Å²) in [5.41, 5.74) is 6.60. The summed E-state index contributed by atoms with van der Waals surface area (Å²) in [7, 11) is -3.20. The molecule has 1 aromatic rings. The molecule has 1 aromatic carbocycles. The van der Waals surface area contributed by atoms with Crippen molar-refractivity contribution in [2.75, 3.05) is 11.1 Å². The molecule has 0 unspecified atom stereocenters. The normalized spacial score (nSPS) is 20.9.